The number of hydrogen-bond acceptors (Lipinski definition) is 3. The van der Waals surface area contributed by atoms with E-state index in [9.17, 15) is 13.6 Å². The second-order valence-corrected chi connectivity index (χ2v) is 3.91. The third-order valence-corrected chi connectivity index (χ3v) is 2.22. The summed E-state index contributed by atoms with van der Waals surface area (Å²) in [4.78, 5) is 11.7. The van der Waals surface area contributed by atoms with Gasteiger partial charge >= 0.3 is 0 Å². The molecular formula is C11H13F2N3O. The van der Waals surface area contributed by atoms with Crippen LogP contribution in [0.5, 0.6) is 0 Å². The molecule has 6 heteroatoms. The molecule has 1 amide bonds. The van der Waals surface area contributed by atoms with Gasteiger partial charge in [-0.25, -0.2) is 8.78 Å². The molecule has 0 aromatic heterocycles. The van der Waals surface area contributed by atoms with Crippen LogP contribution in [0, 0.1) is 17.0 Å². The molecule has 0 aliphatic rings. The predicted octanol–water partition coefficient (Wildman–Crippen LogP) is 1.66. The van der Waals surface area contributed by atoms with Crippen molar-refractivity contribution in [2.45, 2.75) is 18.9 Å². The number of amides is 1. The average Bonchev–Trinajstić information content (AvgIpc) is 2.23. The van der Waals surface area contributed by atoms with E-state index in [0.29, 0.717) is 0 Å². The number of nitrogens with two attached hydrogens (primary N) is 1. The molecular weight excluding hydrogens is 228 g/mol. The molecule has 1 aromatic rings. The van der Waals surface area contributed by atoms with Gasteiger partial charge in [-0.3, -0.25) is 4.79 Å². The minimum Gasteiger partial charge on any atom is -0.324 e. The summed E-state index contributed by atoms with van der Waals surface area (Å²) in [6.45, 7) is 1.45. The molecule has 0 aliphatic heterocycles. The van der Waals surface area contributed by atoms with E-state index in [1.165, 1.54) is 13.0 Å². The van der Waals surface area contributed by atoms with E-state index in [1.54, 1.807) is 0 Å². The zero-order valence-electron chi connectivity index (χ0n) is 9.26. The van der Waals surface area contributed by atoms with Crippen molar-refractivity contribution in [3.8, 4) is 0 Å². The van der Waals surface area contributed by atoms with Gasteiger partial charge in [0.1, 0.15) is 0 Å². The summed E-state index contributed by atoms with van der Waals surface area (Å²) < 4.78 is 25.5. The number of halogens is 2. The maximum absolute atomic E-state index is 12.9. The molecule has 0 radical (unpaired) electrons. The van der Waals surface area contributed by atoms with Crippen molar-refractivity contribution in [2.75, 3.05) is 5.32 Å². The van der Waals surface area contributed by atoms with Crippen molar-refractivity contribution >= 4 is 17.8 Å². The van der Waals surface area contributed by atoms with Gasteiger partial charge in [0.15, 0.2) is 11.6 Å². The normalized spacial score (nSPS) is 13.9. The van der Waals surface area contributed by atoms with Crippen LogP contribution in [0.1, 0.15) is 13.3 Å². The molecule has 0 bridgehead atoms. The lowest BCUT2D eigenvalue weighted by Crippen LogP contribution is -2.48. The Morgan fingerprint density at radius 2 is 2.18 bits per heavy atom. The Bertz CT molecular complexity index is 446. The van der Waals surface area contributed by atoms with Crippen LogP contribution in [-0.2, 0) is 4.79 Å². The van der Waals surface area contributed by atoms with Crippen LogP contribution in [0.2, 0.25) is 0 Å². The van der Waals surface area contributed by atoms with Gasteiger partial charge in [-0.2, -0.15) is 0 Å². The van der Waals surface area contributed by atoms with Crippen molar-refractivity contribution in [1.82, 2.24) is 0 Å². The van der Waals surface area contributed by atoms with E-state index in [2.05, 4.69) is 5.32 Å². The molecule has 1 rings (SSSR count). The predicted molar refractivity (Wildman–Crippen MR) is 61.0 cm³/mol. The number of anilines is 1. The van der Waals surface area contributed by atoms with Crippen molar-refractivity contribution in [2.24, 2.45) is 5.73 Å². The lowest BCUT2D eigenvalue weighted by molar-refractivity contribution is -0.120. The maximum atomic E-state index is 12.9. The van der Waals surface area contributed by atoms with E-state index < -0.39 is 23.1 Å². The van der Waals surface area contributed by atoms with Crippen LogP contribution in [0.3, 0.4) is 0 Å². The van der Waals surface area contributed by atoms with Crippen LogP contribution in [0.4, 0.5) is 14.5 Å². The summed E-state index contributed by atoms with van der Waals surface area (Å²) >= 11 is 0. The van der Waals surface area contributed by atoms with Crippen LogP contribution in [0.15, 0.2) is 18.2 Å². The Balaban J connectivity index is 2.81. The highest BCUT2D eigenvalue weighted by atomic mass is 19.2. The quantitative estimate of drug-likeness (QED) is 0.701. The van der Waals surface area contributed by atoms with E-state index in [4.69, 9.17) is 11.1 Å². The number of nitrogens with one attached hydrogen (secondary N) is 2. The van der Waals surface area contributed by atoms with Crippen LogP contribution < -0.4 is 11.1 Å². The van der Waals surface area contributed by atoms with Crippen molar-refractivity contribution in [3.05, 3.63) is 29.8 Å². The summed E-state index contributed by atoms with van der Waals surface area (Å²) in [5, 5.41) is 9.26. The minimum absolute atomic E-state index is 0.0580. The fourth-order valence-corrected chi connectivity index (χ4v) is 1.15. The highest BCUT2D eigenvalue weighted by molar-refractivity contribution is 5.99. The summed E-state index contributed by atoms with van der Waals surface area (Å²) in [7, 11) is 0. The Labute approximate surface area is 97.3 Å². The average molecular weight is 241 g/mol. The third kappa shape index (κ3) is 3.32. The Kier molecular flexibility index (Phi) is 3.90. The molecule has 0 aliphatic carbocycles. The molecule has 1 aromatic carbocycles. The monoisotopic (exact) mass is 241 g/mol. The first kappa shape index (κ1) is 13.2. The summed E-state index contributed by atoms with van der Waals surface area (Å²) in [6, 6.07) is 3.01. The van der Waals surface area contributed by atoms with Gasteiger partial charge in [-0.05, 0) is 25.3 Å². The number of carbonyl (C=O) groups is 1. The molecule has 0 fully saturated rings. The van der Waals surface area contributed by atoms with E-state index in [-0.39, 0.29) is 12.1 Å². The smallest absolute Gasteiger partial charge is 0.244 e. The van der Waals surface area contributed by atoms with E-state index >= 15 is 0 Å². The zero-order chi connectivity index (χ0) is 13.1. The second kappa shape index (κ2) is 5.01. The lowest BCUT2D eigenvalue weighted by atomic mass is 9.99. The number of hydrogen-bond donors (Lipinski definition) is 3. The van der Waals surface area contributed by atoms with Crippen LogP contribution in [-0.4, -0.2) is 17.7 Å². The van der Waals surface area contributed by atoms with Crippen LogP contribution in [0.25, 0.3) is 0 Å². The SMILES string of the molecule is CC(N)(CC=N)C(=O)Nc1ccc(F)c(F)c1. The van der Waals surface area contributed by atoms with E-state index in [1.807, 2.05) is 0 Å². The van der Waals surface area contributed by atoms with E-state index in [0.717, 1.165) is 18.3 Å². The van der Waals surface area contributed by atoms with Gasteiger partial charge < -0.3 is 16.5 Å². The molecule has 0 saturated heterocycles. The number of benzene rings is 1. The molecule has 1 unspecified atom stereocenters. The second-order valence-electron chi connectivity index (χ2n) is 3.91. The first-order valence-electron chi connectivity index (χ1n) is 4.91. The topological polar surface area (TPSA) is 79.0 Å². The fourth-order valence-electron chi connectivity index (χ4n) is 1.15. The Morgan fingerprint density at radius 1 is 1.53 bits per heavy atom. The van der Waals surface area contributed by atoms with Crippen molar-refractivity contribution in [1.29, 1.82) is 5.41 Å². The Morgan fingerprint density at radius 3 is 2.71 bits per heavy atom. The van der Waals surface area contributed by atoms with Gasteiger partial charge in [0.2, 0.25) is 5.91 Å². The lowest BCUT2D eigenvalue weighted by Gasteiger charge is -2.21. The highest BCUT2D eigenvalue weighted by Gasteiger charge is 2.27. The summed E-state index contributed by atoms with van der Waals surface area (Å²) in [5.41, 5.74) is 4.52. The third-order valence-electron chi connectivity index (χ3n) is 2.22. The van der Waals surface area contributed by atoms with Crippen molar-refractivity contribution < 1.29 is 13.6 Å². The molecule has 92 valence electrons. The van der Waals surface area contributed by atoms with Gasteiger partial charge in [0.25, 0.3) is 0 Å². The molecule has 0 saturated carbocycles. The van der Waals surface area contributed by atoms with Crippen LogP contribution >= 0.6 is 0 Å². The first-order chi connectivity index (χ1) is 7.86. The Hall–Kier alpha value is -1.82. The summed E-state index contributed by atoms with van der Waals surface area (Å²) in [5.74, 6) is -2.60. The standard InChI is InChI=1S/C11H13F2N3O/c1-11(15,4-5-14)10(17)16-7-2-3-8(12)9(13)6-7/h2-3,5-6,14H,4,15H2,1H3,(H,16,17). The van der Waals surface area contributed by atoms with Gasteiger partial charge in [0, 0.05) is 18.2 Å². The highest BCUT2D eigenvalue weighted by Crippen LogP contribution is 2.15. The minimum atomic E-state index is -1.26. The maximum Gasteiger partial charge on any atom is 0.244 e. The molecule has 0 spiro atoms. The largest absolute Gasteiger partial charge is 0.324 e. The first-order valence-corrected chi connectivity index (χ1v) is 4.91. The molecule has 4 N–H and O–H groups in total. The zero-order valence-corrected chi connectivity index (χ0v) is 9.26. The number of rotatable bonds is 4. The molecule has 1 atom stereocenters. The fraction of sp³-hybridized carbons (Fsp3) is 0.273. The van der Waals surface area contributed by atoms with Crippen molar-refractivity contribution in [3.63, 3.8) is 0 Å². The molecule has 17 heavy (non-hydrogen) atoms. The van der Waals surface area contributed by atoms with Gasteiger partial charge in [0.05, 0.1) is 5.54 Å². The number of carbonyl (C=O) groups excluding carboxylic acids is 1. The summed E-state index contributed by atoms with van der Waals surface area (Å²) in [6.07, 6.45) is 1.08. The van der Waals surface area contributed by atoms with Gasteiger partial charge in [-0.1, -0.05) is 0 Å². The van der Waals surface area contributed by atoms with Gasteiger partial charge in [-0.15, -0.1) is 0 Å². The molecule has 4 nitrogen and oxygen atoms in total. The molecule has 0 heterocycles.